The van der Waals surface area contributed by atoms with Gasteiger partial charge in [0.25, 0.3) is 0 Å². The van der Waals surface area contributed by atoms with Gasteiger partial charge in [0.2, 0.25) is 11.7 Å². The Labute approximate surface area is 198 Å². The first-order valence-corrected chi connectivity index (χ1v) is 12.4. The number of carbonyl (C=O) groups is 1. The van der Waals surface area contributed by atoms with E-state index < -0.39 is 0 Å². The minimum Gasteiger partial charge on any atom is -0.469 e. The van der Waals surface area contributed by atoms with Crippen molar-refractivity contribution in [3.63, 3.8) is 0 Å². The van der Waals surface area contributed by atoms with Crippen molar-refractivity contribution >= 4 is 27.3 Å². The topological polar surface area (TPSA) is 57.0 Å². The van der Waals surface area contributed by atoms with Crippen LogP contribution in [-0.2, 0) is 25.8 Å². The first kappa shape index (κ1) is 21.8. The second-order valence-corrected chi connectivity index (χ2v) is 10.2. The Balaban J connectivity index is 1.32. The number of hydrogen-bond donors (Lipinski definition) is 0. The highest BCUT2D eigenvalue weighted by Gasteiger charge is 2.24. The fourth-order valence-corrected chi connectivity index (χ4v) is 6.22. The number of fused-ring (bicyclic) bond motifs is 3. The molecule has 0 fully saturated rings. The van der Waals surface area contributed by atoms with Crippen molar-refractivity contribution in [2.24, 2.45) is 5.92 Å². The lowest BCUT2D eigenvalue weighted by Gasteiger charge is -2.18. The molecule has 1 aliphatic rings. The molecule has 3 aromatic heterocycles. The van der Waals surface area contributed by atoms with Crippen LogP contribution in [0.5, 0.6) is 5.88 Å². The van der Waals surface area contributed by atoms with E-state index in [-0.39, 0.29) is 12.4 Å². The Hall–Kier alpha value is -2.99. The molecule has 33 heavy (non-hydrogen) atoms. The smallest absolute Gasteiger partial charge is 0.226 e. The van der Waals surface area contributed by atoms with Crippen molar-refractivity contribution < 1.29 is 9.53 Å². The second-order valence-electron chi connectivity index (χ2n) is 9.09. The van der Waals surface area contributed by atoms with Gasteiger partial charge in [0.05, 0.1) is 5.39 Å². The van der Waals surface area contributed by atoms with E-state index in [0.717, 1.165) is 53.0 Å². The van der Waals surface area contributed by atoms with Gasteiger partial charge in [-0.15, -0.1) is 11.3 Å². The molecule has 0 saturated carbocycles. The van der Waals surface area contributed by atoms with Crippen LogP contribution >= 0.6 is 11.3 Å². The third-order valence-corrected chi connectivity index (χ3v) is 7.90. The number of nitrogens with zero attached hydrogens (tertiary/aromatic N) is 3. The predicted molar refractivity (Wildman–Crippen MR) is 132 cm³/mol. The van der Waals surface area contributed by atoms with E-state index in [9.17, 15) is 4.79 Å². The van der Waals surface area contributed by atoms with E-state index >= 15 is 0 Å². The van der Waals surface area contributed by atoms with Crippen molar-refractivity contribution in [2.75, 3.05) is 6.61 Å². The first-order valence-electron chi connectivity index (χ1n) is 11.6. The van der Waals surface area contributed by atoms with E-state index in [1.165, 1.54) is 22.4 Å². The predicted octanol–water partition coefficient (Wildman–Crippen LogP) is 5.74. The number of thiophene rings is 1. The lowest BCUT2D eigenvalue weighted by atomic mass is 9.89. The Morgan fingerprint density at radius 1 is 1.21 bits per heavy atom. The normalized spacial score (nSPS) is 15.5. The summed E-state index contributed by atoms with van der Waals surface area (Å²) in [6.45, 7) is 7.20. The Morgan fingerprint density at radius 2 is 2.03 bits per heavy atom. The third kappa shape index (κ3) is 4.32. The van der Waals surface area contributed by atoms with Crippen LogP contribution in [0.3, 0.4) is 0 Å². The molecule has 0 aliphatic heterocycles. The molecule has 5 nitrogen and oxygen atoms in total. The number of aromatic nitrogens is 3. The average Bonchev–Trinajstić information content (AvgIpc) is 3.33. The highest BCUT2D eigenvalue weighted by molar-refractivity contribution is 7.18. The third-order valence-electron chi connectivity index (χ3n) is 6.74. The molecule has 1 aromatic carbocycles. The lowest BCUT2D eigenvalue weighted by Crippen LogP contribution is -2.14. The highest BCUT2D eigenvalue weighted by Crippen LogP contribution is 2.40. The zero-order chi connectivity index (χ0) is 22.9. The van der Waals surface area contributed by atoms with E-state index in [4.69, 9.17) is 4.74 Å². The average molecular weight is 460 g/mol. The monoisotopic (exact) mass is 459 g/mol. The molecule has 0 N–H and O–H groups in total. The molecule has 0 amide bonds. The Kier molecular flexibility index (Phi) is 6.02. The first-order chi connectivity index (χ1) is 16.0. The molecule has 6 heteroatoms. The largest absolute Gasteiger partial charge is 0.469 e. The standard InChI is InChI=1S/C27H29N3O2S/c1-17-9-10-21-24(13-17)33-27-25(21)26(28-16-29-27)32-15-23(31)22-14-18(2)30(19(22)3)12-11-20-7-5-4-6-8-20/h4-8,14,16-17H,9-13,15H2,1-3H3/t17-/m1/s1. The Morgan fingerprint density at radius 3 is 2.85 bits per heavy atom. The van der Waals surface area contributed by atoms with Crippen molar-refractivity contribution in [1.29, 1.82) is 0 Å². The van der Waals surface area contributed by atoms with Crippen molar-refractivity contribution in [1.82, 2.24) is 14.5 Å². The van der Waals surface area contributed by atoms with Crippen LogP contribution in [0.15, 0.2) is 42.7 Å². The van der Waals surface area contributed by atoms with Crippen molar-refractivity contribution in [3.8, 4) is 5.88 Å². The molecule has 3 heterocycles. The summed E-state index contributed by atoms with van der Waals surface area (Å²) in [6.07, 6.45) is 5.76. The van der Waals surface area contributed by atoms with E-state index in [0.29, 0.717) is 11.8 Å². The van der Waals surface area contributed by atoms with Gasteiger partial charge in [-0.2, -0.15) is 0 Å². The van der Waals surface area contributed by atoms with Crippen molar-refractivity contribution in [2.45, 2.75) is 53.0 Å². The minimum atomic E-state index is -0.0177. The van der Waals surface area contributed by atoms with Gasteiger partial charge in [-0.25, -0.2) is 9.97 Å². The number of ketones is 1. The molecule has 0 saturated heterocycles. The quantitative estimate of drug-likeness (QED) is 0.331. The zero-order valence-corrected chi connectivity index (χ0v) is 20.2. The number of aryl methyl sites for hydroxylation is 3. The summed E-state index contributed by atoms with van der Waals surface area (Å²) >= 11 is 1.74. The van der Waals surface area contributed by atoms with Crippen molar-refractivity contribution in [3.05, 3.63) is 75.7 Å². The van der Waals surface area contributed by atoms with Gasteiger partial charge in [-0.3, -0.25) is 4.79 Å². The zero-order valence-electron chi connectivity index (χ0n) is 19.4. The number of rotatable bonds is 7. The maximum atomic E-state index is 13.1. The van der Waals surface area contributed by atoms with Crippen LogP contribution < -0.4 is 4.74 Å². The second kappa shape index (κ2) is 9.10. The Bertz CT molecular complexity index is 1310. The van der Waals surface area contributed by atoms with Crippen LogP contribution in [-0.4, -0.2) is 26.9 Å². The SMILES string of the molecule is Cc1cc(C(=O)COc2ncnc3sc4c(c23)CC[C@@H](C)C4)c(C)n1CCc1ccccc1. The van der Waals surface area contributed by atoms with Gasteiger partial charge >= 0.3 is 0 Å². The molecule has 0 bridgehead atoms. The molecule has 1 aliphatic carbocycles. The summed E-state index contributed by atoms with van der Waals surface area (Å²) in [7, 11) is 0. The summed E-state index contributed by atoms with van der Waals surface area (Å²) in [6, 6.07) is 12.4. The summed E-state index contributed by atoms with van der Waals surface area (Å²) < 4.78 is 8.24. The molecule has 5 rings (SSSR count). The number of ether oxygens (including phenoxy) is 1. The summed E-state index contributed by atoms with van der Waals surface area (Å²) in [5.74, 6) is 1.22. The molecule has 170 valence electrons. The molecule has 0 radical (unpaired) electrons. The number of Topliss-reactive ketones (excluding diaryl/α,β-unsaturated/α-hetero) is 1. The maximum absolute atomic E-state index is 13.1. The lowest BCUT2D eigenvalue weighted by molar-refractivity contribution is 0.0918. The highest BCUT2D eigenvalue weighted by atomic mass is 32.1. The minimum absolute atomic E-state index is 0.0152. The van der Waals surface area contributed by atoms with Gasteiger partial charge in [0.15, 0.2) is 6.61 Å². The van der Waals surface area contributed by atoms with Crippen LogP contribution in [0.2, 0.25) is 0 Å². The van der Waals surface area contributed by atoms with Gasteiger partial charge in [0, 0.05) is 28.4 Å². The van der Waals surface area contributed by atoms with Crippen LogP contribution in [0.1, 0.15) is 51.1 Å². The molecular weight excluding hydrogens is 430 g/mol. The number of carbonyl (C=O) groups excluding carboxylic acids is 1. The number of benzene rings is 1. The van der Waals surface area contributed by atoms with Gasteiger partial charge in [-0.05, 0) is 62.6 Å². The van der Waals surface area contributed by atoms with E-state index in [2.05, 4.69) is 52.6 Å². The van der Waals surface area contributed by atoms with Crippen LogP contribution in [0, 0.1) is 19.8 Å². The molecule has 0 unspecified atom stereocenters. The van der Waals surface area contributed by atoms with Crippen LogP contribution in [0.25, 0.3) is 10.2 Å². The van der Waals surface area contributed by atoms with Gasteiger partial charge in [-0.1, -0.05) is 37.3 Å². The molecule has 0 spiro atoms. The summed E-state index contributed by atoms with van der Waals surface area (Å²) in [4.78, 5) is 24.3. The molecule has 4 aromatic rings. The fourth-order valence-electron chi connectivity index (χ4n) is 4.88. The van der Waals surface area contributed by atoms with E-state index in [1.54, 1.807) is 17.7 Å². The van der Waals surface area contributed by atoms with Crippen LogP contribution in [0.4, 0.5) is 0 Å². The maximum Gasteiger partial charge on any atom is 0.226 e. The number of hydrogen-bond acceptors (Lipinski definition) is 5. The molecule has 1 atom stereocenters. The summed E-state index contributed by atoms with van der Waals surface area (Å²) in [5.41, 5.74) is 5.42. The molecular formula is C27H29N3O2S. The van der Waals surface area contributed by atoms with Gasteiger partial charge < -0.3 is 9.30 Å². The van der Waals surface area contributed by atoms with E-state index in [1.807, 2.05) is 19.1 Å². The summed E-state index contributed by atoms with van der Waals surface area (Å²) in [5, 5.41) is 1.01. The van der Waals surface area contributed by atoms with Gasteiger partial charge in [0.1, 0.15) is 11.2 Å². The fraction of sp³-hybridized carbons (Fsp3) is 0.370.